The van der Waals surface area contributed by atoms with Crippen LogP contribution in [0.2, 0.25) is 0 Å². The Labute approximate surface area is 135 Å². The molecule has 23 heavy (non-hydrogen) atoms. The molecule has 0 aliphatic heterocycles. The molecule has 7 nitrogen and oxygen atoms in total. The molecule has 0 aliphatic carbocycles. The van der Waals surface area contributed by atoms with E-state index >= 15 is 0 Å². The molecule has 2 rings (SSSR count). The predicted octanol–water partition coefficient (Wildman–Crippen LogP) is 2.00. The van der Waals surface area contributed by atoms with Crippen LogP contribution in [0.3, 0.4) is 0 Å². The van der Waals surface area contributed by atoms with Crippen molar-refractivity contribution in [2.24, 2.45) is 0 Å². The lowest BCUT2D eigenvalue weighted by Gasteiger charge is -2.23. The maximum atomic E-state index is 12.1. The maximum Gasteiger partial charge on any atom is 0.246 e. The number of benzene rings is 1. The molecular formula is C15H19N3O4S. The van der Waals surface area contributed by atoms with Gasteiger partial charge in [-0.2, -0.15) is 0 Å². The highest BCUT2D eigenvalue weighted by Crippen LogP contribution is 2.23. The van der Waals surface area contributed by atoms with Crippen molar-refractivity contribution in [2.45, 2.75) is 20.8 Å². The summed E-state index contributed by atoms with van der Waals surface area (Å²) in [5.74, 6) is 0.305. The number of aromatic nitrogens is 1. The first kappa shape index (κ1) is 17.0. The number of carbonyl (C=O) groups is 1. The largest absolute Gasteiger partial charge is 0.360 e. The SMILES string of the molecule is Cc1ccc(N(CC(=O)Nc2cc(C)on2)S(C)(=O)=O)c(C)c1. The van der Waals surface area contributed by atoms with Gasteiger partial charge in [0, 0.05) is 6.07 Å². The van der Waals surface area contributed by atoms with Gasteiger partial charge in [-0.25, -0.2) is 8.42 Å². The highest BCUT2D eigenvalue weighted by molar-refractivity contribution is 7.92. The number of aryl methyl sites for hydroxylation is 3. The Hall–Kier alpha value is -2.35. The number of nitrogens with one attached hydrogen (secondary N) is 1. The molecule has 0 saturated heterocycles. The first-order valence-electron chi connectivity index (χ1n) is 6.95. The minimum absolute atomic E-state index is 0.251. The van der Waals surface area contributed by atoms with Crippen molar-refractivity contribution in [3.8, 4) is 0 Å². The summed E-state index contributed by atoms with van der Waals surface area (Å²) in [7, 11) is -3.61. The van der Waals surface area contributed by atoms with Crippen LogP contribution >= 0.6 is 0 Å². The number of rotatable bonds is 5. The molecular weight excluding hydrogens is 318 g/mol. The van der Waals surface area contributed by atoms with Crippen molar-refractivity contribution in [3.63, 3.8) is 0 Å². The second-order valence-corrected chi connectivity index (χ2v) is 7.34. The number of amides is 1. The summed E-state index contributed by atoms with van der Waals surface area (Å²) < 4.78 is 30.1. The summed E-state index contributed by atoms with van der Waals surface area (Å²) in [5, 5.41) is 6.17. The smallest absolute Gasteiger partial charge is 0.246 e. The summed E-state index contributed by atoms with van der Waals surface area (Å²) in [6.07, 6.45) is 1.07. The molecule has 0 spiro atoms. The summed E-state index contributed by atoms with van der Waals surface area (Å²) in [6, 6.07) is 6.92. The molecule has 1 amide bonds. The Morgan fingerprint density at radius 1 is 1.26 bits per heavy atom. The molecule has 1 aromatic heterocycles. The van der Waals surface area contributed by atoms with Crippen molar-refractivity contribution in [3.05, 3.63) is 41.2 Å². The predicted molar refractivity (Wildman–Crippen MR) is 88.0 cm³/mol. The molecule has 8 heteroatoms. The van der Waals surface area contributed by atoms with Gasteiger partial charge in [-0.05, 0) is 32.4 Å². The van der Waals surface area contributed by atoms with Crippen molar-refractivity contribution >= 4 is 27.4 Å². The highest BCUT2D eigenvalue weighted by Gasteiger charge is 2.22. The van der Waals surface area contributed by atoms with Crippen LogP contribution in [0.4, 0.5) is 11.5 Å². The summed E-state index contributed by atoms with van der Waals surface area (Å²) in [5.41, 5.74) is 2.27. The normalized spacial score (nSPS) is 11.3. The van der Waals surface area contributed by atoms with Gasteiger partial charge in [0.15, 0.2) is 5.82 Å². The van der Waals surface area contributed by atoms with E-state index in [1.165, 1.54) is 0 Å². The summed E-state index contributed by atoms with van der Waals surface area (Å²) in [6.45, 7) is 5.08. The van der Waals surface area contributed by atoms with E-state index in [0.717, 1.165) is 21.7 Å². The Bertz CT molecular complexity index is 827. The molecule has 0 saturated carbocycles. The van der Waals surface area contributed by atoms with E-state index in [-0.39, 0.29) is 12.4 Å². The number of hydrogen-bond donors (Lipinski definition) is 1. The first-order valence-corrected chi connectivity index (χ1v) is 8.80. The molecule has 0 bridgehead atoms. The monoisotopic (exact) mass is 337 g/mol. The van der Waals surface area contributed by atoms with Crippen LogP contribution in [0.15, 0.2) is 28.8 Å². The van der Waals surface area contributed by atoms with Gasteiger partial charge >= 0.3 is 0 Å². The zero-order chi connectivity index (χ0) is 17.2. The molecule has 0 aliphatic rings. The second-order valence-electron chi connectivity index (χ2n) is 5.43. The van der Waals surface area contributed by atoms with Crippen molar-refractivity contribution < 1.29 is 17.7 Å². The average molecular weight is 337 g/mol. The van der Waals surface area contributed by atoms with Gasteiger partial charge in [0.05, 0.1) is 11.9 Å². The second kappa shape index (κ2) is 6.41. The maximum absolute atomic E-state index is 12.1. The van der Waals surface area contributed by atoms with E-state index < -0.39 is 15.9 Å². The Morgan fingerprint density at radius 2 is 1.96 bits per heavy atom. The van der Waals surface area contributed by atoms with Crippen LogP contribution in [-0.4, -0.2) is 32.3 Å². The van der Waals surface area contributed by atoms with Crippen LogP contribution in [-0.2, 0) is 14.8 Å². The highest BCUT2D eigenvalue weighted by atomic mass is 32.2. The Morgan fingerprint density at radius 3 is 2.48 bits per heavy atom. The first-order chi connectivity index (χ1) is 10.7. The quantitative estimate of drug-likeness (QED) is 0.901. The Balaban J connectivity index is 2.24. The minimum atomic E-state index is -3.61. The molecule has 1 aromatic carbocycles. The molecule has 1 N–H and O–H groups in total. The fourth-order valence-corrected chi connectivity index (χ4v) is 3.12. The van der Waals surface area contributed by atoms with E-state index in [9.17, 15) is 13.2 Å². The van der Waals surface area contributed by atoms with E-state index in [1.54, 1.807) is 32.0 Å². The zero-order valence-electron chi connectivity index (χ0n) is 13.5. The lowest BCUT2D eigenvalue weighted by molar-refractivity contribution is -0.114. The third-order valence-corrected chi connectivity index (χ3v) is 4.33. The van der Waals surface area contributed by atoms with Crippen LogP contribution in [0, 0.1) is 20.8 Å². The van der Waals surface area contributed by atoms with Gasteiger partial charge < -0.3 is 9.84 Å². The van der Waals surface area contributed by atoms with Crippen LogP contribution in [0.5, 0.6) is 0 Å². The number of carbonyl (C=O) groups excluding carboxylic acids is 1. The number of anilines is 2. The van der Waals surface area contributed by atoms with E-state index in [0.29, 0.717) is 11.4 Å². The molecule has 0 unspecified atom stereocenters. The lowest BCUT2D eigenvalue weighted by Crippen LogP contribution is -2.37. The summed E-state index contributed by atoms with van der Waals surface area (Å²) in [4.78, 5) is 12.1. The van der Waals surface area contributed by atoms with Gasteiger partial charge in [0.25, 0.3) is 0 Å². The molecule has 2 aromatic rings. The molecule has 124 valence electrons. The fourth-order valence-electron chi connectivity index (χ4n) is 2.20. The van der Waals surface area contributed by atoms with Crippen LogP contribution in [0.1, 0.15) is 16.9 Å². The van der Waals surface area contributed by atoms with Gasteiger partial charge in [0.2, 0.25) is 15.9 Å². The van der Waals surface area contributed by atoms with Crippen LogP contribution < -0.4 is 9.62 Å². The molecule has 0 radical (unpaired) electrons. The van der Waals surface area contributed by atoms with E-state index in [2.05, 4.69) is 10.5 Å². The third kappa shape index (κ3) is 4.32. The van der Waals surface area contributed by atoms with Gasteiger partial charge in [-0.3, -0.25) is 9.10 Å². The standard InChI is InChI=1S/C15H19N3O4S/c1-10-5-6-13(11(2)7-10)18(23(4,20)21)9-15(19)16-14-8-12(3)22-17-14/h5-8H,9H2,1-4H3,(H,16,17,19). The number of nitrogens with zero attached hydrogens (tertiary/aromatic N) is 2. The number of hydrogen-bond acceptors (Lipinski definition) is 5. The van der Waals surface area contributed by atoms with Gasteiger partial charge in [-0.1, -0.05) is 22.9 Å². The molecule has 1 heterocycles. The average Bonchev–Trinajstić information content (AvgIpc) is 2.81. The molecule has 0 atom stereocenters. The van der Waals surface area contributed by atoms with Gasteiger partial charge in [0.1, 0.15) is 12.3 Å². The molecule has 0 fully saturated rings. The number of sulfonamides is 1. The third-order valence-electron chi connectivity index (χ3n) is 3.20. The Kier molecular flexibility index (Phi) is 4.74. The topological polar surface area (TPSA) is 92.5 Å². The summed E-state index contributed by atoms with van der Waals surface area (Å²) >= 11 is 0. The fraction of sp³-hybridized carbons (Fsp3) is 0.333. The van der Waals surface area contributed by atoms with Crippen LogP contribution in [0.25, 0.3) is 0 Å². The van der Waals surface area contributed by atoms with E-state index in [4.69, 9.17) is 4.52 Å². The lowest BCUT2D eigenvalue weighted by atomic mass is 10.1. The minimum Gasteiger partial charge on any atom is -0.360 e. The van der Waals surface area contributed by atoms with Crippen molar-refractivity contribution in [1.29, 1.82) is 0 Å². The van der Waals surface area contributed by atoms with E-state index in [1.807, 2.05) is 13.0 Å². The van der Waals surface area contributed by atoms with Crippen molar-refractivity contribution in [2.75, 3.05) is 22.4 Å². The zero-order valence-corrected chi connectivity index (χ0v) is 14.3. The van der Waals surface area contributed by atoms with Gasteiger partial charge in [-0.15, -0.1) is 0 Å². The van der Waals surface area contributed by atoms with Crippen molar-refractivity contribution in [1.82, 2.24) is 5.16 Å².